The van der Waals surface area contributed by atoms with Crippen molar-refractivity contribution in [3.8, 4) is 5.75 Å². The molecule has 158 valence electrons. The number of aryl methyl sites for hydroxylation is 2. The van der Waals surface area contributed by atoms with Crippen LogP contribution in [-0.2, 0) is 24.3 Å². The summed E-state index contributed by atoms with van der Waals surface area (Å²) in [5.74, 6) is 3.53. The number of fused-ring (bicyclic) bond motifs is 1. The Kier molecular flexibility index (Phi) is 7.86. The van der Waals surface area contributed by atoms with Gasteiger partial charge in [-0.3, -0.25) is 4.99 Å². The molecule has 2 N–H and O–H groups in total. The highest BCUT2D eigenvalue weighted by Gasteiger charge is 2.22. The van der Waals surface area contributed by atoms with E-state index < -0.39 is 0 Å². The van der Waals surface area contributed by atoms with E-state index in [1.54, 1.807) is 7.11 Å². The normalized spacial score (nSPS) is 16.4. The lowest BCUT2D eigenvalue weighted by Gasteiger charge is -2.25. The van der Waals surface area contributed by atoms with Gasteiger partial charge in [0.05, 0.1) is 13.2 Å². The Morgan fingerprint density at radius 3 is 2.90 bits per heavy atom. The third kappa shape index (κ3) is 6.45. The molecule has 0 spiro atoms. The highest BCUT2D eigenvalue weighted by Crippen LogP contribution is 2.14. The average molecular weight is 401 g/mol. The first-order valence-electron chi connectivity index (χ1n) is 10.3. The van der Waals surface area contributed by atoms with Crippen LogP contribution >= 0.6 is 0 Å². The monoisotopic (exact) mass is 400 g/mol. The number of hydrogen-bond donors (Lipinski definition) is 2. The Hall–Kier alpha value is -2.61. The van der Waals surface area contributed by atoms with Gasteiger partial charge in [-0.15, -0.1) is 0 Å². The molecule has 29 heavy (non-hydrogen) atoms. The van der Waals surface area contributed by atoms with Crippen LogP contribution in [0.25, 0.3) is 0 Å². The van der Waals surface area contributed by atoms with Crippen molar-refractivity contribution in [2.45, 2.75) is 52.3 Å². The lowest BCUT2D eigenvalue weighted by molar-refractivity contribution is 0.177. The Morgan fingerprint density at radius 1 is 1.31 bits per heavy atom. The summed E-state index contributed by atoms with van der Waals surface area (Å²) in [6, 6.07) is 8.40. The molecule has 0 radical (unpaired) electrons. The second-order valence-corrected chi connectivity index (χ2v) is 7.22. The Morgan fingerprint density at radius 2 is 2.14 bits per heavy atom. The average Bonchev–Trinajstić information content (AvgIpc) is 3.11. The number of aromatic nitrogens is 3. The quantitative estimate of drug-likeness (QED) is 0.381. The fourth-order valence-electron chi connectivity index (χ4n) is 3.26. The van der Waals surface area contributed by atoms with Crippen LogP contribution < -0.4 is 15.4 Å². The first kappa shape index (κ1) is 21.1. The van der Waals surface area contributed by atoms with E-state index in [2.05, 4.69) is 46.7 Å². The molecule has 2 heterocycles. The minimum Gasteiger partial charge on any atom is -0.494 e. The minimum atomic E-state index is 0.279. The molecular weight excluding hydrogens is 368 g/mol. The number of guanidine groups is 1. The van der Waals surface area contributed by atoms with Crippen LogP contribution in [0.15, 0.2) is 29.3 Å². The number of nitrogens with zero attached hydrogens (tertiary/aromatic N) is 4. The van der Waals surface area contributed by atoms with E-state index in [-0.39, 0.29) is 6.04 Å². The predicted octanol–water partition coefficient (Wildman–Crippen LogP) is 2.07. The molecule has 1 aromatic carbocycles. The Balaban J connectivity index is 1.45. The van der Waals surface area contributed by atoms with E-state index in [0.29, 0.717) is 19.8 Å². The van der Waals surface area contributed by atoms with Gasteiger partial charge in [-0.2, -0.15) is 5.10 Å². The summed E-state index contributed by atoms with van der Waals surface area (Å²) in [5.41, 5.74) is 1.24. The number of hydrogen-bond acceptors (Lipinski definition) is 5. The van der Waals surface area contributed by atoms with Crippen LogP contribution in [-0.4, -0.2) is 53.6 Å². The molecule has 0 saturated carbocycles. The zero-order valence-corrected chi connectivity index (χ0v) is 17.6. The van der Waals surface area contributed by atoms with Crippen molar-refractivity contribution in [3.63, 3.8) is 0 Å². The molecular formula is C21H32N6O2. The molecule has 1 aromatic heterocycles. The number of benzene rings is 1. The van der Waals surface area contributed by atoms with E-state index in [4.69, 9.17) is 14.5 Å². The van der Waals surface area contributed by atoms with Gasteiger partial charge < -0.3 is 20.1 Å². The minimum absolute atomic E-state index is 0.279. The smallest absolute Gasteiger partial charge is 0.191 e. The maximum atomic E-state index is 5.78. The fraction of sp³-hybridized carbons (Fsp3) is 0.571. The van der Waals surface area contributed by atoms with Crippen molar-refractivity contribution in [3.05, 3.63) is 41.5 Å². The largest absolute Gasteiger partial charge is 0.494 e. The number of rotatable bonds is 9. The van der Waals surface area contributed by atoms with Crippen LogP contribution in [0.4, 0.5) is 0 Å². The molecule has 0 aliphatic carbocycles. The van der Waals surface area contributed by atoms with Gasteiger partial charge >= 0.3 is 0 Å². The second-order valence-electron chi connectivity index (χ2n) is 7.22. The molecule has 8 nitrogen and oxygen atoms in total. The van der Waals surface area contributed by atoms with Crippen LogP contribution in [0, 0.1) is 6.92 Å². The van der Waals surface area contributed by atoms with Crippen molar-refractivity contribution >= 4 is 5.96 Å². The summed E-state index contributed by atoms with van der Waals surface area (Å²) < 4.78 is 12.9. The maximum absolute atomic E-state index is 5.78. The van der Waals surface area contributed by atoms with Gasteiger partial charge in [-0.05, 0) is 32.4 Å². The number of nitrogens with one attached hydrogen (secondary N) is 2. The highest BCUT2D eigenvalue weighted by atomic mass is 16.5. The highest BCUT2D eigenvalue weighted by molar-refractivity contribution is 5.80. The molecule has 1 atom stereocenters. The fourth-order valence-corrected chi connectivity index (χ4v) is 3.26. The van der Waals surface area contributed by atoms with E-state index >= 15 is 0 Å². The van der Waals surface area contributed by atoms with Crippen molar-refractivity contribution in [2.24, 2.45) is 4.99 Å². The van der Waals surface area contributed by atoms with Crippen LogP contribution in [0.5, 0.6) is 5.75 Å². The van der Waals surface area contributed by atoms with Crippen LogP contribution in [0.2, 0.25) is 0 Å². The molecule has 0 fully saturated rings. The van der Waals surface area contributed by atoms with Gasteiger partial charge in [0.2, 0.25) is 0 Å². The SMILES string of the molecule is CCNC(=NCCCOc1ccc(C)cc1)NC1CCc2nc(COC)nn2C1. The van der Waals surface area contributed by atoms with E-state index in [0.717, 1.165) is 55.7 Å². The first-order chi connectivity index (χ1) is 14.2. The van der Waals surface area contributed by atoms with Crippen LogP contribution in [0.1, 0.15) is 37.0 Å². The molecule has 1 unspecified atom stereocenters. The Labute approximate surface area is 172 Å². The third-order valence-corrected chi connectivity index (χ3v) is 4.72. The maximum Gasteiger partial charge on any atom is 0.191 e. The summed E-state index contributed by atoms with van der Waals surface area (Å²) >= 11 is 0. The summed E-state index contributed by atoms with van der Waals surface area (Å²) in [4.78, 5) is 9.22. The summed E-state index contributed by atoms with van der Waals surface area (Å²) in [5, 5.41) is 11.4. The van der Waals surface area contributed by atoms with E-state index in [1.165, 1.54) is 5.56 Å². The van der Waals surface area contributed by atoms with Crippen molar-refractivity contribution < 1.29 is 9.47 Å². The number of methoxy groups -OCH3 is 1. The third-order valence-electron chi connectivity index (χ3n) is 4.72. The number of aliphatic imine (C=N–C) groups is 1. The second kappa shape index (κ2) is 10.8. The standard InChI is InChI=1S/C21H32N6O2/c1-4-22-21(23-12-5-13-29-18-9-6-16(2)7-10-18)24-17-8-11-20-25-19(15-28-3)26-27(20)14-17/h6-7,9-10,17H,4-5,8,11-15H2,1-3H3,(H2,22,23,24). The molecule has 0 amide bonds. The zero-order valence-electron chi connectivity index (χ0n) is 17.6. The molecule has 8 heteroatoms. The van der Waals surface area contributed by atoms with Gasteiger partial charge in [0.25, 0.3) is 0 Å². The molecule has 2 aromatic rings. The van der Waals surface area contributed by atoms with Crippen molar-refractivity contribution in [1.82, 2.24) is 25.4 Å². The lowest BCUT2D eigenvalue weighted by Crippen LogP contribution is -2.47. The molecule has 1 aliphatic heterocycles. The van der Waals surface area contributed by atoms with Gasteiger partial charge in [0.15, 0.2) is 11.8 Å². The summed E-state index contributed by atoms with van der Waals surface area (Å²) in [7, 11) is 1.66. The molecule has 0 bridgehead atoms. The predicted molar refractivity (Wildman–Crippen MR) is 113 cm³/mol. The topological polar surface area (TPSA) is 85.6 Å². The van der Waals surface area contributed by atoms with Gasteiger partial charge in [0, 0.05) is 39.1 Å². The van der Waals surface area contributed by atoms with E-state index in [9.17, 15) is 0 Å². The van der Waals surface area contributed by atoms with Crippen molar-refractivity contribution in [2.75, 3.05) is 26.8 Å². The summed E-state index contributed by atoms with van der Waals surface area (Å²) in [6.45, 7) is 7.57. The Bertz CT molecular complexity index is 787. The van der Waals surface area contributed by atoms with E-state index in [1.807, 2.05) is 16.8 Å². The van der Waals surface area contributed by atoms with Crippen molar-refractivity contribution in [1.29, 1.82) is 0 Å². The number of ether oxygens (including phenoxy) is 2. The molecule has 3 rings (SSSR count). The van der Waals surface area contributed by atoms with Gasteiger partial charge in [-0.25, -0.2) is 9.67 Å². The summed E-state index contributed by atoms with van der Waals surface area (Å²) in [6.07, 6.45) is 2.77. The molecule has 0 saturated heterocycles. The van der Waals surface area contributed by atoms with Gasteiger partial charge in [0.1, 0.15) is 18.2 Å². The molecule has 1 aliphatic rings. The van der Waals surface area contributed by atoms with Gasteiger partial charge in [-0.1, -0.05) is 17.7 Å². The first-order valence-corrected chi connectivity index (χ1v) is 10.3. The zero-order chi connectivity index (χ0) is 20.5. The van der Waals surface area contributed by atoms with Crippen LogP contribution in [0.3, 0.4) is 0 Å². The lowest BCUT2D eigenvalue weighted by atomic mass is 10.1.